The number of benzene rings is 1. The topological polar surface area (TPSA) is 80.9 Å². The standard InChI is InChI=1S/C16H16N4O2S/c1-23-15-14-13(17-10-18-15)9-19-20(14)8-4-6-11-5-2-3-7-12(11)16(21)22/h2-3,5,7,9-10H,4,6,8H2,1H3,(H,21,22). The van der Waals surface area contributed by atoms with Gasteiger partial charge in [-0.25, -0.2) is 14.8 Å². The van der Waals surface area contributed by atoms with E-state index in [4.69, 9.17) is 0 Å². The van der Waals surface area contributed by atoms with E-state index >= 15 is 0 Å². The molecular weight excluding hydrogens is 312 g/mol. The summed E-state index contributed by atoms with van der Waals surface area (Å²) in [6.45, 7) is 0.693. The van der Waals surface area contributed by atoms with Crippen LogP contribution in [0.4, 0.5) is 0 Å². The highest BCUT2D eigenvalue weighted by Crippen LogP contribution is 2.22. The van der Waals surface area contributed by atoms with Crippen LogP contribution in [0.3, 0.4) is 0 Å². The number of aryl methyl sites for hydroxylation is 2. The van der Waals surface area contributed by atoms with E-state index in [0.717, 1.165) is 28.0 Å². The molecule has 0 saturated heterocycles. The first-order valence-corrected chi connectivity index (χ1v) is 8.45. The molecule has 0 spiro atoms. The second kappa shape index (κ2) is 6.78. The number of thioether (sulfide) groups is 1. The molecule has 0 aliphatic carbocycles. The van der Waals surface area contributed by atoms with Gasteiger partial charge in [0, 0.05) is 6.54 Å². The van der Waals surface area contributed by atoms with Gasteiger partial charge in [0.25, 0.3) is 0 Å². The molecule has 1 N–H and O–H groups in total. The molecule has 3 rings (SSSR count). The number of hydrogen-bond donors (Lipinski definition) is 1. The molecule has 0 fully saturated rings. The maximum Gasteiger partial charge on any atom is 0.335 e. The fourth-order valence-corrected chi connectivity index (χ4v) is 3.14. The van der Waals surface area contributed by atoms with Crippen LogP contribution in [0, 0.1) is 0 Å². The van der Waals surface area contributed by atoms with E-state index in [1.165, 1.54) is 0 Å². The molecule has 2 aromatic heterocycles. The Balaban J connectivity index is 1.76. The highest BCUT2D eigenvalue weighted by molar-refractivity contribution is 7.98. The van der Waals surface area contributed by atoms with Gasteiger partial charge in [-0.1, -0.05) is 18.2 Å². The normalized spacial score (nSPS) is 11.0. The molecule has 0 saturated carbocycles. The number of aromatic nitrogens is 4. The van der Waals surface area contributed by atoms with Gasteiger partial charge in [0.15, 0.2) is 0 Å². The molecule has 0 unspecified atom stereocenters. The number of nitrogens with zero attached hydrogens (tertiary/aromatic N) is 4. The van der Waals surface area contributed by atoms with E-state index in [9.17, 15) is 9.90 Å². The van der Waals surface area contributed by atoms with E-state index in [-0.39, 0.29) is 0 Å². The third kappa shape index (κ3) is 3.19. The summed E-state index contributed by atoms with van der Waals surface area (Å²) in [5, 5.41) is 14.5. The summed E-state index contributed by atoms with van der Waals surface area (Å²) in [7, 11) is 0. The minimum Gasteiger partial charge on any atom is -0.478 e. The number of carboxylic acids is 1. The van der Waals surface area contributed by atoms with Crippen molar-refractivity contribution in [1.29, 1.82) is 0 Å². The predicted molar refractivity (Wildman–Crippen MR) is 88.8 cm³/mol. The SMILES string of the molecule is CSc1ncnc2cnn(CCCc3ccccc3C(=O)O)c12. The van der Waals surface area contributed by atoms with Crippen LogP contribution in [-0.2, 0) is 13.0 Å². The summed E-state index contributed by atoms with van der Waals surface area (Å²) < 4.78 is 1.89. The summed E-state index contributed by atoms with van der Waals surface area (Å²) in [5.74, 6) is -0.886. The average molecular weight is 328 g/mol. The average Bonchev–Trinajstić information content (AvgIpc) is 2.98. The Labute approximate surface area is 137 Å². The van der Waals surface area contributed by atoms with Gasteiger partial charge in [-0.05, 0) is 30.7 Å². The van der Waals surface area contributed by atoms with E-state index in [2.05, 4.69) is 15.1 Å². The first-order chi connectivity index (χ1) is 11.2. The molecule has 0 radical (unpaired) electrons. The van der Waals surface area contributed by atoms with Crippen molar-refractivity contribution in [3.05, 3.63) is 47.9 Å². The molecule has 118 valence electrons. The Morgan fingerprint density at radius 1 is 1.30 bits per heavy atom. The van der Waals surface area contributed by atoms with Gasteiger partial charge in [0.05, 0.1) is 11.8 Å². The second-order valence-corrected chi connectivity index (χ2v) is 5.85. The molecule has 0 aliphatic rings. The molecule has 2 heterocycles. The molecule has 0 aliphatic heterocycles. The monoisotopic (exact) mass is 328 g/mol. The van der Waals surface area contributed by atoms with E-state index < -0.39 is 5.97 Å². The van der Waals surface area contributed by atoms with Crippen molar-refractivity contribution in [2.45, 2.75) is 24.4 Å². The minimum absolute atomic E-state index is 0.367. The first-order valence-electron chi connectivity index (χ1n) is 7.22. The molecule has 1 aromatic carbocycles. The zero-order valence-corrected chi connectivity index (χ0v) is 13.5. The smallest absolute Gasteiger partial charge is 0.335 e. The molecule has 0 amide bonds. The fourth-order valence-electron chi connectivity index (χ4n) is 2.58. The van der Waals surface area contributed by atoms with Crippen molar-refractivity contribution in [3.8, 4) is 0 Å². The number of rotatable bonds is 6. The Kier molecular flexibility index (Phi) is 4.57. The van der Waals surface area contributed by atoms with Crippen LogP contribution in [0.1, 0.15) is 22.3 Å². The maximum atomic E-state index is 11.2. The summed E-state index contributed by atoms with van der Waals surface area (Å²) in [5.41, 5.74) is 2.98. The van der Waals surface area contributed by atoms with Crippen molar-refractivity contribution in [3.63, 3.8) is 0 Å². The van der Waals surface area contributed by atoms with Crippen molar-refractivity contribution in [1.82, 2.24) is 19.7 Å². The largest absolute Gasteiger partial charge is 0.478 e. The zero-order valence-electron chi connectivity index (χ0n) is 12.6. The number of carboxylic acid groups (broad SMARTS) is 1. The molecular formula is C16H16N4O2S. The van der Waals surface area contributed by atoms with Gasteiger partial charge in [0.1, 0.15) is 22.4 Å². The zero-order chi connectivity index (χ0) is 16.2. The summed E-state index contributed by atoms with van der Waals surface area (Å²) in [4.78, 5) is 19.7. The highest BCUT2D eigenvalue weighted by atomic mass is 32.2. The van der Waals surface area contributed by atoms with Crippen molar-refractivity contribution in [2.75, 3.05) is 6.26 Å². The van der Waals surface area contributed by atoms with Crippen molar-refractivity contribution < 1.29 is 9.90 Å². The van der Waals surface area contributed by atoms with Gasteiger partial charge in [-0.2, -0.15) is 5.10 Å². The predicted octanol–water partition coefficient (Wildman–Crippen LogP) is 2.88. The summed E-state index contributed by atoms with van der Waals surface area (Å²) in [6, 6.07) is 7.11. The molecule has 3 aromatic rings. The quantitative estimate of drug-likeness (QED) is 0.553. The van der Waals surface area contributed by atoms with Gasteiger partial charge < -0.3 is 5.11 Å². The highest BCUT2D eigenvalue weighted by Gasteiger charge is 2.11. The van der Waals surface area contributed by atoms with Crippen molar-refractivity contribution in [2.24, 2.45) is 0 Å². The number of carbonyl (C=O) groups is 1. The van der Waals surface area contributed by atoms with Crippen LogP contribution >= 0.6 is 11.8 Å². The lowest BCUT2D eigenvalue weighted by molar-refractivity contribution is 0.0695. The Morgan fingerprint density at radius 2 is 2.13 bits per heavy atom. The third-order valence-corrected chi connectivity index (χ3v) is 4.34. The molecule has 0 atom stereocenters. The Morgan fingerprint density at radius 3 is 2.91 bits per heavy atom. The van der Waals surface area contributed by atoms with Crippen LogP contribution in [0.2, 0.25) is 0 Å². The summed E-state index contributed by atoms with van der Waals surface area (Å²) >= 11 is 1.56. The maximum absolute atomic E-state index is 11.2. The third-order valence-electron chi connectivity index (χ3n) is 3.65. The Hall–Kier alpha value is -2.41. The number of fused-ring (bicyclic) bond motifs is 1. The van der Waals surface area contributed by atoms with Crippen LogP contribution in [0.5, 0.6) is 0 Å². The van der Waals surface area contributed by atoms with Gasteiger partial charge in [0.2, 0.25) is 0 Å². The molecule has 6 nitrogen and oxygen atoms in total. The lowest BCUT2D eigenvalue weighted by Crippen LogP contribution is -2.06. The molecule has 7 heteroatoms. The van der Waals surface area contributed by atoms with Crippen LogP contribution in [0.25, 0.3) is 11.0 Å². The number of hydrogen-bond acceptors (Lipinski definition) is 5. The summed E-state index contributed by atoms with van der Waals surface area (Å²) in [6.07, 6.45) is 6.74. The lowest BCUT2D eigenvalue weighted by atomic mass is 10.0. The fraction of sp³-hybridized carbons (Fsp3) is 0.250. The van der Waals surface area contributed by atoms with Gasteiger partial charge in [-0.3, -0.25) is 4.68 Å². The van der Waals surface area contributed by atoms with Gasteiger partial charge >= 0.3 is 5.97 Å². The Bertz CT molecular complexity index is 847. The second-order valence-electron chi connectivity index (χ2n) is 5.05. The van der Waals surface area contributed by atoms with Crippen LogP contribution in [-0.4, -0.2) is 37.1 Å². The van der Waals surface area contributed by atoms with Gasteiger partial charge in [-0.15, -0.1) is 11.8 Å². The number of aromatic carboxylic acids is 1. The van der Waals surface area contributed by atoms with Crippen molar-refractivity contribution >= 4 is 28.8 Å². The van der Waals surface area contributed by atoms with E-state index in [1.54, 1.807) is 36.4 Å². The first kappa shape index (κ1) is 15.5. The molecule has 23 heavy (non-hydrogen) atoms. The van der Waals surface area contributed by atoms with E-state index in [0.29, 0.717) is 18.5 Å². The molecule has 0 bridgehead atoms. The minimum atomic E-state index is -0.886. The van der Waals surface area contributed by atoms with Crippen LogP contribution < -0.4 is 0 Å². The lowest BCUT2D eigenvalue weighted by Gasteiger charge is -2.07. The van der Waals surface area contributed by atoms with E-state index in [1.807, 2.05) is 23.1 Å². The van der Waals surface area contributed by atoms with Crippen LogP contribution in [0.15, 0.2) is 41.8 Å².